The number of hydrogen-bond acceptors (Lipinski definition) is 4. The van der Waals surface area contributed by atoms with E-state index in [-0.39, 0.29) is 17.3 Å². The predicted molar refractivity (Wildman–Crippen MR) is 73.3 cm³/mol. The molecule has 2 rings (SSSR count). The Morgan fingerprint density at radius 2 is 1.90 bits per heavy atom. The van der Waals surface area contributed by atoms with Gasteiger partial charge in [0.25, 0.3) is 10.0 Å². The molecule has 0 amide bonds. The van der Waals surface area contributed by atoms with Gasteiger partial charge in [0.1, 0.15) is 17.4 Å². The molecule has 0 fully saturated rings. The molecule has 0 bridgehead atoms. The SMILES string of the molecule is CN(C)S(=O)(=O)c1ccc(CNc2cc(F)ccc2F)o1. The minimum Gasteiger partial charge on any atom is -0.446 e. The first-order valence-corrected chi connectivity index (χ1v) is 7.45. The van der Waals surface area contributed by atoms with Crippen LogP contribution in [0, 0.1) is 11.6 Å². The van der Waals surface area contributed by atoms with Crippen molar-refractivity contribution in [3.8, 4) is 0 Å². The van der Waals surface area contributed by atoms with Gasteiger partial charge in [-0.05, 0) is 30.3 Å². The summed E-state index contributed by atoms with van der Waals surface area (Å²) < 4.78 is 56.3. The van der Waals surface area contributed by atoms with Crippen molar-refractivity contribution in [3.05, 3.63) is 47.7 Å². The average Bonchev–Trinajstić information content (AvgIpc) is 2.89. The molecule has 21 heavy (non-hydrogen) atoms. The normalized spacial score (nSPS) is 11.9. The zero-order valence-corrected chi connectivity index (χ0v) is 12.2. The molecule has 5 nitrogen and oxygen atoms in total. The maximum atomic E-state index is 13.4. The zero-order valence-electron chi connectivity index (χ0n) is 11.4. The number of nitrogens with one attached hydrogen (secondary N) is 1. The Morgan fingerprint density at radius 3 is 2.57 bits per heavy atom. The lowest BCUT2D eigenvalue weighted by Crippen LogP contribution is -2.21. The number of rotatable bonds is 5. The smallest absolute Gasteiger partial charge is 0.275 e. The van der Waals surface area contributed by atoms with Crippen LogP contribution in [-0.2, 0) is 16.6 Å². The fourth-order valence-corrected chi connectivity index (χ4v) is 2.40. The summed E-state index contributed by atoms with van der Waals surface area (Å²) in [6.45, 7) is 0.0311. The molecule has 8 heteroatoms. The highest BCUT2D eigenvalue weighted by molar-refractivity contribution is 7.88. The third-order valence-electron chi connectivity index (χ3n) is 2.75. The lowest BCUT2D eigenvalue weighted by atomic mass is 10.3. The fourth-order valence-electron chi connectivity index (χ4n) is 1.59. The summed E-state index contributed by atoms with van der Waals surface area (Å²) >= 11 is 0. The van der Waals surface area contributed by atoms with E-state index in [1.807, 2.05) is 0 Å². The Balaban J connectivity index is 2.12. The predicted octanol–water partition coefficient (Wildman–Crippen LogP) is 2.42. The molecule has 0 saturated heterocycles. The van der Waals surface area contributed by atoms with Crippen molar-refractivity contribution in [2.45, 2.75) is 11.6 Å². The second kappa shape index (κ2) is 5.82. The van der Waals surface area contributed by atoms with Crippen LogP contribution in [0.4, 0.5) is 14.5 Å². The van der Waals surface area contributed by atoms with E-state index in [4.69, 9.17) is 4.42 Å². The number of benzene rings is 1. The molecular weight excluding hydrogens is 302 g/mol. The Morgan fingerprint density at radius 1 is 1.19 bits per heavy atom. The second-order valence-corrected chi connectivity index (χ2v) is 6.57. The van der Waals surface area contributed by atoms with E-state index in [0.29, 0.717) is 5.76 Å². The van der Waals surface area contributed by atoms with Crippen molar-refractivity contribution in [3.63, 3.8) is 0 Å². The Kier molecular flexibility index (Phi) is 4.29. The van der Waals surface area contributed by atoms with Gasteiger partial charge in [0.2, 0.25) is 5.09 Å². The van der Waals surface area contributed by atoms with Crippen LogP contribution in [0.2, 0.25) is 0 Å². The summed E-state index contributed by atoms with van der Waals surface area (Å²) in [5.74, 6) is -0.891. The van der Waals surface area contributed by atoms with Crippen molar-refractivity contribution < 1.29 is 21.6 Å². The molecule has 0 spiro atoms. The molecule has 1 aromatic heterocycles. The molecule has 0 saturated carbocycles. The van der Waals surface area contributed by atoms with Gasteiger partial charge >= 0.3 is 0 Å². The highest BCUT2D eigenvalue weighted by Crippen LogP contribution is 2.19. The third-order valence-corrected chi connectivity index (χ3v) is 4.44. The molecule has 1 aromatic carbocycles. The molecule has 0 aliphatic carbocycles. The molecule has 114 valence electrons. The third kappa shape index (κ3) is 3.40. The second-order valence-electron chi connectivity index (χ2n) is 4.49. The number of halogens is 2. The van der Waals surface area contributed by atoms with Crippen molar-refractivity contribution >= 4 is 15.7 Å². The molecule has 1 N–H and O–H groups in total. The molecule has 0 radical (unpaired) electrons. The van der Waals surface area contributed by atoms with Gasteiger partial charge in [0.05, 0.1) is 12.2 Å². The van der Waals surface area contributed by atoms with E-state index in [2.05, 4.69) is 5.32 Å². The first-order chi connectivity index (χ1) is 9.80. The molecular formula is C13H14F2N2O3S. The van der Waals surface area contributed by atoms with Crippen molar-refractivity contribution in [1.82, 2.24) is 4.31 Å². The Hall–Kier alpha value is -1.93. The molecule has 0 aliphatic heterocycles. The van der Waals surface area contributed by atoms with Gasteiger partial charge in [-0.1, -0.05) is 0 Å². The van der Waals surface area contributed by atoms with Crippen LogP contribution in [0.5, 0.6) is 0 Å². The minimum absolute atomic E-state index is 0.0246. The fraction of sp³-hybridized carbons (Fsp3) is 0.231. The number of hydrogen-bond donors (Lipinski definition) is 1. The van der Waals surface area contributed by atoms with Gasteiger partial charge in [-0.2, -0.15) is 0 Å². The van der Waals surface area contributed by atoms with E-state index < -0.39 is 21.7 Å². The summed E-state index contributed by atoms with van der Waals surface area (Å²) in [5, 5.41) is 2.44. The summed E-state index contributed by atoms with van der Waals surface area (Å²) in [5.41, 5.74) is -0.0246. The highest BCUT2D eigenvalue weighted by atomic mass is 32.2. The van der Waals surface area contributed by atoms with Crippen molar-refractivity contribution in [2.24, 2.45) is 0 Å². The maximum absolute atomic E-state index is 13.4. The van der Waals surface area contributed by atoms with E-state index in [9.17, 15) is 17.2 Å². The largest absolute Gasteiger partial charge is 0.446 e. The molecule has 0 unspecified atom stereocenters. The molecule has 1 heterocycles. The molecule has 2 aromatic rings. The highest BCUT2D eigenvalue weighted by Gasteiger charge is 2.21. The van der Waals surface area contributed by atoms with Gasteiger partial charge in [-0.25, -0.2) is 21.5 Å². The summed E-state index contributed by atoms with van der Waals surface area (Å²) in [4.78, 5) is 0. The Bertz CT molecular complexity index is 742. The van der Waals surface area contributed by atoms with E-state index in [0.717, 1.165) is 22.5 Å². The number of sulfonamides is 1. The van der Waals surface area contributed by atoms with Crippen LogP contribution in [0.25, 0.3) is 0 Å². The van der Waals surface area contributed by atoms with Gasteiger partial charge in [-0.3, -0.25) is 0 Å². The molecule has 0 atom stereocenters. The number of anilines is 1. The summed E-state index contributed by atoms with van der Waals surface area (Å²) in [6.07, 6.45) is 0. The van der Waals surface area contributed by atoms with E-state index >= 15 is 0 Å². The van der Waals surface area contributed by atoms with E-state index in [1.54, 1.807) is 0 Å². The first kappa shape index (κ1) is 15.5. The van der Waals surface area contributed by atoms with Crippen LogP contribution in [0.1, 0.15) is 5.76 Å². The maximum Gasteiger partial charge on any atom is 0.275 e. The van der Waals surface area contributed by atoms with Crippen molar-refractivity contribution in [2.75, 3.05) is 19.4 Å². The minimum atomic E-state index is -3.65. The number of nitrogens with zero attached hydrogens (tertiary/aromatic N) is 1. The van der Waals surface area contributed by atoms with Crippen LogP contribution in [-0.4, -0.2) is 26.8 Å². The van der Waals surface area contributed by atoms with Crippen molar-refractivity contribution in [1.29, 1.82) is 0 Å². The van der Waals surface area contributed by atoms with Gasteiger partial charge in [0, 0.05) is 14.1 Å². The topological polar surface area (TPSA) is 62.6 Å². The van der Waals surface area contributed by atoms with Crippen LogP contribution < -0.4 is 5.32 Å². The first-order valence-electron chi connectivity index (χ1n) is 6.01. The Labute approximate surface area is 121 Å². The van der Waals surface area contributed by atoms with Gasteiger partial charge in [0.15, 0.2) is 0 Å². The quantitative estimate of drug-likeness (QED) is 0.920. The van der Waals surface area contributed by atoms with Crippen LogP contribution in [0.3, 0.4) is 0 Å². The summed E-state index contributed by atoms with van der Waals surface area (Å²) in [7, 11) is -0.875. The monoisotopic (exact) mass is 316 g/mol. The number of furan rings is 1. The van der Waals surface area contributed by atoms with Gasteiger partial charge in [-0.15, -0.1) is 0 Å². The van der Waals surface area contributed by atoms with Crippen LogP contribution >= 0.6 is 0 Å². The average molecular weight is 316 g/mol. The standard InChI is InChI=1S/C13H14F2N2O3S/c1-17(2)21(18,19)13-6-4-10(20-13)8-16-12-7-9(14)3-5-11(12)15/h3-7,16H,8H2,1-2H3. The zero-order chi connectivity index (χ0) is 15.6. The summed E-state index contributed by atoms with van der Waals surface area (Å²) in [6, 6.07) is 5.79. The lowest BCUT2D eigenvalue weighted by molar-refractivity contribution is 0.402. The van der Waals surface area contributed by atoms with Crippen LogP contribution in [0.15, 0.2) is 39.8 Å². The van der Waals surface area contributed by atoms with Gasteiger partial charge < -0.3 is 9.73 Å². The van der Waals surface area contributed by atoms with E-state index in [1.165, 1.54) is 26.2 Å². The molecule has 0 aliphatic rings. The lowest BCUT2D eigenvalue weighted by Gasteiger charge is -2.08.